The van der Waals surface area contributed by atoms with Gasteiger partial charge in [-0.05, 0) is 48.2 Å². The number of hydrogen-bond donors (Lipinski definition) is 3. The average molecular weight is 346 g/mol. The Labute approximate surface area is 144 Å². The van der Waals surface area contributed by atoms with Crippen molar-refractivity contribution in [2.75, 3.05) is 0 Å². The first-order valence-corrected chi connectivity index (χ1v) is 8.02. The molecule has 0 bridgehead atoms. The summed E-state index contributed by atoms with van der Waals surface area (Å²) in [6, 6.07) is 12.4. The minimum absolute atomic E-state index is 0.0408. The van der Waals surface area contributed by atoms with Gasteiger partial charge in [0.15, 0.2) is 0 Å². The summed E-state index contributed by atoms with van der Waals surface area (Å²) in [5.41, 5.74) is 15.5. The highest BCUT2D eigenvalue weighted by molar-refractivity contribution is 5.75. The van der Waals surface area contributed by atoms with Gasteiger partial charge in [0.25, 0.3) is 0 Å². The third kappa shape index (κ3) is 4.45. The van der Waals surface area contributed by atoms with Crippen LogP contribution in [0.1, 0.15) is 36.2 Å². The van der Waals surface area contributed by atoms with Crippen molar-refractivity contribution in [3.63, 3.8) is 0 Å². The summed E-state index contributed by atoms with van der Waals surface area (Å²) in [4.78, 5) is 0. The number of nitrogens with zero attached hydrogens (tertiary/aromatic N) is 1. The topological polar surface area (TPSA) is 85.7 Å². The van der Waals surface area contributed by atoms with Crippen molar-refractivity contribution in [3.05, 3.63) is 71.3 Å². The summed E-state index contributed by atoms with van der Waals surface area (Å²) in [7, 11) is 0. The molecule has 2 aromatic rings. The van der Waals surface area contributed by atoms with Crippen LogP contribution in [0.2, 0.25) is 0 Å². The van der Waals surface area contributed by atoms with E-state index in [4.69, 9.17) is 16.2 Å². The number of hydrazone groups is 1. The third-order valence-corrected chi connectivity index (χ3v) is 4.19. The van der Waals surface area contributed by atoms with Crippen molar-refractivity contribution in [3.8, 4) is 0 Å². The smallest absolute Gasteiger partial charge is 0.208 e. The van der Waals surface area contributed by atoms with E-state index in [1.165, 1.54) is 24.3 Å². The van der Waals surface area contributed by atoms with Crippen LogP contribution in [0, 0.1) is 11.6 Å². The van der Waals surface area contributed by atoms with E-state index < -0.39 is 0 Å². The summed E-state index contributed by atoms with van der Waals surface area (Å²) in [5.74, 6) is -0.655. The van der Waals surface area contributed by atoms with Crippen molar-refractivity contribution in [1.29, 1.82) is 0 Å². The molecule has 1 heterocycles. The highest BCUT2D eigenvalue weighted by atomic mass is 19.1. The molecule has 1 fully saturated rings. The Balaban J connectivity index is 1.83. The lowest BCUT2D eigenvalue weighted by Crippen LogP contribution is -2.37. The van der Waals surface area contributed by atoms with Gasteiger partial charge in [-0.3, -0.25) is 0 Å². The second-order valence-corrected chi connectivity index (χ2v) is 6.05. The Morgan fingerprint density at radius 2 is 1.32 bits per heavy atom. The fourth-order valence-corrected chi connectivity index (χ4v) is 2.98. The van der Waals surface area contributed by atoms with Crippen molar-refractivity contribution < 1.29 is 13.5 Å². The zero-order valence-electron chi connectivity index (χ0n) is 13.5. The van der Waals surface area contributed by atoms with Crippen molar-refractivity contribution in [1.82, 2.24) is 5.43 Å². The lowest BCUT2D eigenvalue weighted by molar-refractivity contribution is -0.0655. The first-order chi connectivity index (χ1) is 12.0. The largest absolute Gasteiger partial charge is 0.369 e. The van der Waals surface area contributed by atoms with Crippen LogP contribution in [0.4, 0.5) is 8.78 Å². The summed E-state index contributed by atoms with van der Waals surface area (Å²) >= 11 is 0. The minimum Gasteiger partial charge on any atom is -0.369 e. The van der Waals surface area contributed by atoms with Gasteiger partial charge in [0.05, 0.1) is 12.2 Å². The Morgan fingerprint density at radius 3 is 1.72 bits per heavy atom. The number of nitrogens with two attached hydrogens (primary N) is 2. The Hall–Kier alpha value is -2.67. The van der Waals surface area contributed by atoms with E-state index in [1.807, 2.05) is 0 Å². The number of nitrogens with one attached hydrogen (secondary N) is 1. The van der Waals surface area contributed by atoms with Crippen molar-refractivity contribution >= 4 is 5.96 Å². The van der Waals surface area contributed by atoms with Crippen molar-refractivity contribution in [2.24, 2.45) is 16.6 Å². The Morgan fingerprint density at radius 1 is 0.880 bits per heavy atom. The van der Waals surface area contributed by atoms with Gasteiger partial charge < -0.3 is 21.6 Å². The molecule has 1 saturated heterocycles. The van der Waals surface area contributed by atoms with E-state index in [-0.39, 0.29) is 35.8 Å². The molecule has 3 atom stereocenters. The number of rotatable bonds is 4. The van der Waals surface area contributed by atoms with Gasteiger partial charge in [-0.25, -0.2) is 8.78 Å². The van der Waals surface area contributed by atoms with Gasteiger partial charge in [0.1, 0.15) is 11.6 Å². The summed E-state index contributed by atoms with van der Waals surface area (Å²) < 4.78 is 32.6. The Kier molecular flexibility index (Phi) is 5.14. The van der Waals surface area contributed by atoms with Crippen LogP contribution >= 0.6 is 0 Å². The number of guanidine groups is 1. The molecular weight excluding hydrogens is 326 g/mol. The zero-order chi connectivity index (χ0) is 17.8. The maximum absolute atomic E-state index is 13.2. The summed E-state index contributed by atoms with van der Waals surface area (Å²) in [6.45, 7) is 0. The van der Waals surface area contributed by atoms with Crippen LogP contribution in [0.25, 0.3) is 0 Å². The van der Waals surface area contributed by atoms with Crippen LogP contribution in [0.5, 0.6) is 0 Å². The first-order valence-electron chi connectivity index (χ1n) is 8.02. The highest BCUT2D eigenvalue weighted by Crippen LogP contribution is 2.38. The SMILES string of the molecule is NC(N)=NNC1C[C@@H](c2ccc(F)cc2)O[C@@H](c2ccc(F)cc2)C1. The molecule has 5 nitrogen and oxygen atoms in total. The normalized spacial score (nSPS) is 23.0. The quantitative estimate of drug-likeness (QED) is 0.451. The van der Waals surface area contributed by atoms with E-state index in [1.54, 1.807) is 24.3 Å². The monoisotopic (exact) mass is 346 g/mol. The molecule has 0 aromatic heterocycles. The van der Waals surface area contributed by atoms with E-state index in [0.29, 0.717) is 12.8 Å². The molecular formula is C18H20F2N4O. The predicted molar refractivity (Wildman–Crippen MR) is 91.3 cm³/mol. The maximum atomic E-state index is 13.2. The van der Waals surface area contributed by atoms with Crippen LogP contribution in [0.15, 0.2) is 53.6 Å². The van der Waals surface area contributed by atoms with Gasteiger partial charge in [-0.1, -0.05) is 24.3 Å². The van der Waals surface area contributed by atoms with Crippen LogP contribution in [0.3, 0.4) is 0 Å². The second kappa shape index (κ2) is 7.48. The fraction of sp³-hybridized carbons (Fsp3) is 0.278. The van der Waals surface area contributed by atoms with Crippen LogP contribution in [-0.2, 0) is 4.74 Å². The van der Waals surface area contributed by atoms with Gasteiger partial charge in [0, 0.05) is 6.04 Å². The number of halogens is 2. The molecule has 3 rings (SSSR count). The molecule has 1 unspecified atom stereocenters. The van der Waals surface area contributed by atoms with E-state index in [9.17, 15) is 8.78 Å². The van der Waals surface area contributed by atoms with Crippen molar-refractivity contribution in [2.45, 2.75) is 31.1 Å². The maximum Gasteiger partial charge on any atom is 0.208 e. The Bertz CT molecular complexity index is 676. The predicted octanol–water partition coefficient (Wildman–Crippen LogP) is 2.70. The molecule has 0 saturated carbocycles. The van der Waals surface area contributed by atoms with Gasteiger partial charge in [0.2, 0.25) is 5.96 Å². The number of hydrogen-bond acceptors (Lipinski definition) is 3. The number of benzene rings is 2. The molecule has 1 aliphatic rings. The molecule has 25 heavy (non-hydrogen) atoms. The average Bonchev–Trinajstić information content (AvgIpc) is 2.61. The standard InChI is InChI=1S/C18H20F2N4O/c19-13-5-1-11(2-6-13)16-9-15(23-24-18(21)22)10-17(25-16)12-3-7-14(20)8-4-12/h1-8,15-17,23H,9-10H2,(H4,21,22,24)/t15?,16-,17+. The molecule has 0 amide bonds. The van der Waals surface area contributed by atoms with Crippen LogP contribution < -0.4 is 16.9 Å². The van der Waals surface area contributed by atoms with E-state index in [2.05, 4.69) is 10.5 Å². The van der Waals surface area contributed by atoms with Gasteiger partial charge in [-0.15, -0.1) is 5.10 Å². The summed E-state index contributed by atoms with van der Waals surface area (Å²) in [6.07, 6.45) is 0.743. The molecule has 5 N–H and O–H groups in total. The summed E-state index contributed by atoms with van der Waals surface area (Å²) in [5, 5.41) is 3.88. The first kappa shape index (κ1) is 17.2. The van der Waals surface area contributed by atoms with Gasteiger partial charge in [-0.2, -0.15) is 0 Å². The molecule has 0 spiro atoms. The lowest BCUT2D eigenvalue weighted by Gasteiger charge is -2.35. The molecule has 0 radical (unpaired) electrons. The highest BCUT2D eigenvalue weighted by Gasteiger charge is 2.31. The fourth-order valence-electron chi connectivity index (χ4n) is 2.98. The molecule has 132 valence electrons. The molecule has 1 aliphatic heterocycles. The second-order valence-electron chi connectivity index (χ2n) is 6.05. The van der Waals surface area contributed by atoms with Gasteiger partial charge >= 0.3 is 0 Å². The lowest BCUT2D eigenvalue weighted by atomic mass is 9.91. The molecule has 0 aliphatic carbocycles. The minimum atomic E-state index is -0.301. The van der Waals surface area contributed by atoms with Crippen LogP contribution in [-0.4, -0.2) is 12.0 Å². The third-order valence-electron chi connectivity index (χ3n) is 4.19. The molecule has 2 aromatic carbocycles. The molecule has 7 heteroatoms. The number of ether oxygens (including phenoxy) is 1. The van der Waals surface area contributed by atoms with E-state index >= 15 is 0 Å². The van der Waals surface area contributed by atoms with E-state index in [0.717, 1.165) is 11.1 Å². The zero-order valence-corrected chi connectivity index (χ0v) is 13.5.